The topological polar surface area (TPSA) is 113 Å². The number of anilines is 1. The van der Waals surface area contributed by atoms with Crippen LogP contribution < -0.4 is 15.9 Å². The molecule has 35 heavy (non-hydrogen) atoms. The first kappa shape index (κ1) is 23.8. The van der Waals surface area contributed by atoms with Gasteiger partial charge >= 0.3 is 0 Å². The van der Waals surface area contributed by atoms with Gasteiger partial charge in [0.05, 0.1) is 6.54 Å². The molecular weight excluding hydrogens is 473 g/mol. The number of hydrogen-bond donors (Lipinski definition) is 1. The van der Waals surface area contributed by atoms with E-state index < -0.39 is 17.0 Å². The molecule has 0 amide bonds. The summed E-state index contributed by atoms with van der Waals surface area (Å²) in [6.45, 7) is 3.95. The molecule has 0 saturated heterocycles. The van der Waals surface area contributed by atoms with E-state index in [1.807, 2.05) is 0 Å². The maximum Gasteiger partial charge on any atom is 0.219 e. The lowest BCUT2D eigenvalue weighted by atomic mass is 10.0. The molecule has 8 nitrogen and oxygen atoms in total. The molecule has 0 spiro atoms. The molecule has 0 radical (unpaired) electrons. The maximum absolute atomic E-state index is 13.3. The van der Waals surface area contributed by atoms with Gasteiger partial charge in [-0.15, -0.1) is 6.58 Å². The van der Waals surface area contributed by atoms with Gasteiger partial charge in [0, 0.05) is 42.7 Å². The minimum Gasteiger partial charge on any atom is -0.437 e. The van der Waals surface area contributed by atoms with Crippen LogP contribution in [0, 0.1) is 5.82 Å². The molecule has 0 atom stereocenters. The van der Waals surface area contributed by atoms with E-state index >= 15 is 0 Å². The molecule has 2 N–H and O–H groups in total. The first-order valence-corrected chi connectivity index (χ1v) is 10.8. The number of allylic oxidation sites excluding steroid dienone is 1. The third-order valence-electron chi connectivity index (χ3n) is 4.96. The van der Waals surface area contributed by atoms with Gasteiger partial charge in [0.15, 0.2) is 17.2 Å². The fourth-order valence-electron chi connectivity index (χ4n) is 3.26. The zero-order valence-electron chi connectivity index (χ0n) is 18.3. The van der Waals surface area contributed by atoms with Crippen LogP contribution in [-0.4, -0.2) is 25.5 Å². The minimum absolute atomic E-state index is 0.112. The Balaban J connectivity index is 1.58. The van der Waals surface area contributed by atoms with Gasteiger partial charge in [-0.2, -0.15) is 5.10 Å². The predicted molar refractivity (Wildman–Crippen MR) is 130 cm³/mol. The second kappa shape index (κ2) is 10.3. The van der Waals surface area contributed by atoms with Gasteiger partial charge < -0.3 is 10.5 Å². The summed E-state index contributed by atoms with van der Waals surface area (Å²) in [5.74, 6) is -0.264. The number of ketones is 1. The Morgan fingerprint density at radius 2 is 1.94 bits per heavy atom. The highest BCUT2D eigenvalue weighted by Gasteiger charge is 2.19. The molecule has 3 heterocycles. The zero-order valence-corrected chi connectivity index (χ0v) is 19.1. The zero-order chi connectivity index (χ0) is 24.9. The highest BCUT2D eigenvalue weighted by atomic mass is 35.5. The number of nitrogens with two attached hydrogens (primary N) is 1. The van der Waals surface area contributed by atoms with Crippen LogP contribution in [0.25, 0.3) is 11.1 Å². The van der Waals surface area contributed by atoms with Crippen molar-refractivity contribution in [1.29, 1.82) is 0 Å². The quantitative estimate of drug-likeness (QED) is 0.285. The van der Waals surface area contributed by atoms with Gasteiger partial charge in [-0.3, -0.25) is 14.3 Å². The summed E-state index contributed by atoms with van der Waals surface area (Å²) in [7, 11) is 0. The van der Waals surface area contributed by atoms with Crippen LogP contribution in [0.4, 0.5) is 10.2 Å². The number of carbonyl (C=O) groups is 1. The van der Waals surface area contributed by atoms with Crippen LogP contribution in [0.15, 0.2) is 78.5 Å². The van der Waals surface area contributed by atoms with Crippen molar-refractivity contribution < 1.29 is 13.9 Å². The highest BCUT2D eigenvalue weighted by Crippen LogP contribution is 2.31. The number of pyridine rings is 2. The summed E-state index contributed by atoms with van der Waals surface area (Å²) >= 11 is 6.08. The Morgan fingerprint density at radius 1 is 1.17 bits per heavy atom. The van der Waals surface area contributed by atoms with E-state index in [9.17, 15) is 14.0 Å². The highest BCUT2D eigenvalue weighted by molar-refractivity contribution is 6.34. The summed E-state index contributed by atoms with van der Waals surface area (Å²) in [4.78, 5) is 34.2. The number of nitrogen functional groups attached to an aromatic ring is 1. The monoisotopic (exact) mass is 491 g/mol. The van der Waals surface area contributed by atoms with E-state index in [-0.39, 0.29) is 40.9 Å². The van der Waals surface area contributed by atoms with Gasteiger partial charge in [0.1, 0.15) is 16.7 Å². The van der Waals surface area contributed by atoms with Gasteiger partial charge in [-0.1, -0.05) is 35.9 Å². The van der Waals surface area contributed by atoms with E-state index in [0.717, 1.165) is 0 Å². The van der Waals surface area contributed by atoms with Crippen LogP contribution >= 0.6 is 11.6 Å². The average Bonchev–Trinajstić information content (AvgIpc) is 2.85. The average molecular weight is 492 g/mol. The van der Waals surface area contributed by atoms with Gasteiger partial charge in [0.25, 0.3) is 0 Å². The van der Waals surface area contributed by atoms with E-state index in [1.165, 1.54) is 47.5 Å². The number of carbonyl (C=O) groups excluding carboxylic acids is 1. The third kappa shape index (κ3) is 5.42. The lowest BCUT2D eigenvalue weighted by Crippen LogP contribution is -2.24. The van der Waals surface area contributed by atoms with Crippen molar-refractivity contribution in [3.63, 3.8) is 0 Å². The molecule has 3 aromatic heterocycles. The molecule has 4 aromatic rings. The number of nitrogens with zero attached hydrogens (tertiary/aromatic N) is 4. The summed E-state index contributed by atoms with van der Waals surface area (Å²) in [5.41, 5.74) is 6.16. The number of rotatable bonds is 8. The molecule has 0 bridgehead atoms. The van der Waals surface area contributed by atoms with Gasteiger partial charge in [0.2, 0.25) is 11.3 Å². The normalized spacial score (nSPS) is 10.7. The Kier molecular flexibility index (Phi) is 6.98. The number of benzene rings is 1. The number of aromatic nitrogens is 4. The lowest BCUT2D eigenvalue weighted by molar-refractivity contribution is 0.0984. The molecular formula is C25H19ClFN5O3. The van der Waals surface area contributed by atoms with Crippen LogP contribution in [0.5, 0.6) is 11.6 Å². The van der Waals surface area contributed by atoms with Crippen molar-refractivity contribution in [1.82, 2.24) is 19.7 Å². The van der Waals surface area contributed by atoms with Gasteiger partial charge in [-0.05, 0) is 23.3 Å². The number of ether oxygens (including phenoxy) is 1. The third-order valence-corrected chi connectivity index (χ3v) is 5.34. The second-order valence-electron chi connectivity index (χ2n) is 7.45. The van der Waals surface area contributed by atoms with Crippen molar-refractivity contribution in [3.8, 4) is 22.8 Å². The summed E-state index contributed by atoms with van der Waals surface area (Å²) < 4.78 is 20.4. The van der Waals surface area contributed by atoms with Crippen LogP contribution in [0.1, 0.15) is 16.1 Å². The Morgan fingerprint density at radius 3 is 2.63 bits per heavy atom. The van der Waals surface area contributed by atoms with E-state index in [1.54, 1.807) is 24.3 Å². The van der Waals surface area contributed by atoms with E-state index in [0.29, 0.717) is 16.9 Å². The number of hydrogen-bond acceptors (Lipinski definition) is 7. The first-order chi connectivity index (χ1) is 16.9. The lowest BCUT2D eigenvalue weighted by Gasteiger charge is -2.10. The molecule has 0 aliphatic rings. The Labute approximate surface area is 204 Å². The number of Topliss-reactive ketones (excluding diaryl/α,β-unsaturated/α-hetero) is 1. The van der Waals surface area contributed by atoms with Crippen LogP contribution in [0.2, 0.25) is 5.02 Å². The summed E-state index contributed by atoms with van der Waals surface area (Å²) in [6.07, 6.45) is 5.90. The van der Waals surface area contributed by atoms with Crippen LogP contribution in [-0.2, 0) is 13.0 Å². The largest absolute Gasteiger partial charge is 0.437 e. The molecule has 0 unspecified atom stereocenters. The maximum atomic E-state index is 13.3. The van der Waals surface area contributed by atoms with E-state index in [2.05, 4.69) is 21.6 Å². The fourth-order valence-corrected chi connectivity index (χ4v) is 3.41. The van der Waals surface area contributed by atoms with Crippen molar-refractivity contribution in [2.24, 2.45) is 0 Å². The summed E-state index contributed by atoms with van der Waals surface area (Å²) in [6, 6.07) is 10.2. The van der Waals surface area contributed by atoms with Crippen LogP contribution in [0.3, 0.4) is 0 Å². The second-order valence-corrected chi connectivity index (χ2v) is 7.83. The van der Waals surface area contributed by atoms with E-state index in [4.69, 9.17) is 22.1 Å². The summed E-state index contributed by atoms with van der Waals surface area (Å²) in [5, 5.41) is 4.35. The van der Waals surface area contributed by atoms with Crippen molar-refractivity contribution >= 4 is 23.2 Å². The molecule has 176 valence electrons. The fraction of sp³-hybridized carbons (Fsp3) is 0.0800. The first-order valence-electron chi connectivity index (χ1n) is 10.4. The molecule has 0 fully saturated rings. The smallest absolute Gasteiger partial charge is 0.219 e. The van der Waals surface area contributed by atoms with Crippen molar-refractivity contribution in [2.75, 3.05) is 5.73 Å². The molecule has 10 heteroatoms. The molecule has 0 saturated carbocycles. The minimum atomic E-state index is -0.542. The predicted octanol–water partition coefficient (Wildman–Crippen LogP) is 4.48. The molecule has 4 rings (SSSR count). The molecule has 0 aliphatic carbocycles. The Bertz CT molecular complexity index is 1450. The molecule has 0 aliphatic heterocycles. The van der Waals surface area contributed by atoms with Crippen molar-refractivity contribution in [2.45, 2.75) is 13.0 Å². The number of halogens is 2. The Hall–Kier alpha value is -4.37. The van der Waals surface area contributed by atoms with Gasteiger partial charge in [-0.25, -0.2) is 14.4 Å². The SMILES string of the molecule is C=CCn1cc(-c2ccc(F)cc2)c(=O)c(C(=O)Cc2ccc(Oc3ccnc(N)c3Cl)nc2)n1. The molecule has 1 aromatic carbocycles. The van der Waals surface area contributed by atoms with Crippen molar-refractivity contribution in [3.05, 3.63) is 106 Å². The standard InChI is InChI=1S/C25H19ClFN5O3/c1-2-11-32-14-18(16-4-6-17(27)7-5-16)24(34)23(31-32)19(33)12-15-3-8-21(30-13-15)35-20-9-10-29-25(28)22(20)26/h2-10,13-14H,1,11-12H2,(H2,28,29).